The van der Waals surface area contributed by atoms with Crippen LogP contribution >= 0.6 is 11.6 Å². The van der Waals surface area contributed by atoms with Crippen molar-refractivity contribution in [3.8, 4) is 12.3 Å². The number of terminal acetylenes is 1. The Balaban J connectivity index is 2.79. The minimum atomic E-state index is -0.383. The maximum absolute atomic E-state index is 11.9. The van der Waals surface area contributed by atoms with Crippen LogP contribution in [0.5, 0.6) is 0 Å². The zero-order chi connectivity index (χ0) is 13.5. The van der Waals surface area contributed by atoms with Crippen LogP contribution in [0.25, 0.3) is 0 Å². The van der Waals surface area contributed by atoms with Gasteiger partial charge in [0.15, 0.2) is 0 Å². The molecule has 1 unspecified atom stereocenters. The number of aliphatic hydroxyl groups excluding tert-OH is 1. The van der Waals surface area contributed by atoms with Crippen molar-refractivity contribution in [3.63, 3.8) is 0 Å². The van der Waals surface area contributed by atoms with Gasteiger partial charge in [-0.05, 0) is 12.8 Å². The Labute approximate surface area is 111 Å². The third kappa shape index (κ3) is 3.76. The van der Waals surface area contributed by atoms with Gasteiger partial charge in [0.2, 0.25) is 0 Å². The second-order valence-corrected chi connectivity index (χ2v) is 4.22. The Kier molecular flexibility index (Phi) is 5.69. The van der Waals surface area contributed by atoms with Crippen molar-refractivity contribution < 1.29 is 5.11 Å². The molecule has 1 rings (SSSR count). The summed E-state index contributed by atoms with van der Waals surface area (Å²) in [6, 6.07) is 0. The molecule has 0 aliphatic rings. The van der Waals surface area contributed by atoms with E-state index in [4.69, 9.17) is 18.0 Å². The maximum Gasteiger partial charge on any atom is 0.292 e. The first-order valence-corrected chi connectivity index (χ1v) is 6.09. The first-order chi connectivity index (χ1) is 8.60. The van der Waals surface area contributed by atoms with E-state index in [1.165, 1.54) is 6.20 Å². The highest BCUT2D eigenvalue weighted by Crippen LogP contribution is 2.15. The monoisotopic (exact) mass is 269 g/mol. The average Bonchev–Trinajstić information content (AvgIpc) is 2.36. The van der Waals surface area contributed by atoms with Crippen LogP contribution in [-0.4, -0.2) is 27.5 Å². The van der Waals surface area contributed by atoms with Crippen LogP contribution < -0.4 is 10.9 Å². The molecule has 1 heterocycles. The number of hydrogen-bond donors (Lipinski definition) is 2. The molecule has 1 aromatic rings. The Morgan fingerprint density at radius 1 is 1.72 bits per heavy atom. The van der Waals surface area contributed by atoms with E-state index in [0.717, 1.165) is 4.68 Å². The molecule has 2 N–H and O–H groups in total. The molecule has 0 amide bonds. The molecule has 0 saturated carbocycles. The first kappa shape index (κ1) is 14.6. The summed E-state index contributed by atoms with van der Waals surface area (Å²) in [6.45, 7) is 2.45. The number of rotatable bonds is 6. The molecule has 0 radical (unpaired) electrons. The molecular formula is C12H16ClN3O2. The number of aliphatic hydroxyl groups is 1. The lowest BCUT2D eigenvalue weighted by atomic mass is 10.2. The third-order valence-electron chi connectivity index (χ3n) is 2.49. The number of anilines is 1. The Morgan fingerprint density at radius 2 is 2.44 bits per heavy atom. The lowest BCUT2D eigenvalue weighted by molar-refractivity contribution is 0.164. The number of hydrogen-bond acceptors (Lipinski definition) is 4. The summed E-state index contributed by atoms with van der Waals surface area (Å²) in [5.74, 6) is 2.34. The molecule has 0 aliphatic heterocycles. The van der Waals surface area contributed by atoms with Gasteiger partial charge in [-0.2, -0.15) is 5.10 Å². The SMILES string of the molecule is C#CCn1ncc(Cl)c(NCCC(O)CC)c1=O. The fourth-order valence-electron chi connectivity index (χ4n) is 1.40. The van der Waals surface area contributed by atoms with Crippen molar-refractivity contribution in [2.24, 2.45) is 0 Å². The van der Waals surface area contributed by atoms with Crippen molar-refractivity contribution in [2.75, 3.05) is 11.9 Å². The summed E-state index contributed by atoms with van der Waals surface area (Å²) in [7, 11) is 0. The van der Waals surface area contributed by atoms with Crippen LogP contribution in [0.1, 0.15) is 19.8 Å². The van der Waals surface area contributed by atoms with Gasteiger partial charge in [-0.1, -0.05) is 24.4 Å². The van der Waals surface area contributed by atoms with Crippen LogP contribution in [0, 0.1) is 12.3 Å². The normalized spacial score (nSPS) is 11.9. The maximum atomic E-state index is 11.9. The third-order valence-corrected chi connectivity index (χ3v) is 2.78. The van der Waals surface area contributed by atoms with E-state index >= 15 is 0 Å². The van der Waals surface area contributed by atoms with Crippen molar-refractivity contribution in [1.82, 2.24) is 9.78 Å². The van der Waals surface area contributed by atoms with Gasteiger partial charge in [0.25, 0.3) is 5.56 Å². The van der Waals surface area contributed by atoms with Gasteiger partial charge in [-0.3, -0.25) is 4.79 Å². The summed E-state index contributed by atoms with van der Waals surface area (Å²) in [4.78, 5) is 11.9. The van der Waals surface area contributed by atoms with E-state index in [9.17, 15) is 9.90 Å². The quantitative estimate of drug-likeness (QED) is 0.759. The van der Waals surface area contributed by atoms with E-state index in [0.29, 0.717) is 19.4 Å². The number of aromatic nitrogens is 2. The predicted octanol–water partition coefficient (Wildman–Crippen LogP) is 1.10. The van der Waals surface area contributed by atoms with E-state index < -0.39 is 0 Å². The van der Waals surface area contributed by atoms with Gasteiger partial charge in [-0.15, -0.1) is 6.42 Å². The van der Waals surface area contributed by atoms with Gasteiger partial charge in [0, 0.05) is 6.54 Å². The average molecular weight is 270 g/mol. The Hall–Kier alpha value is -1.51. The van der Waals surface area contributed by atoms with Gasteiger partial charge < -0.3 is 10.4 Å². The predicted molar refractivity (Wildman–Crippen MR) is 71.7 cm³/mol. The molecule has 0 bridgehead atoms. The molecule has 98 valence electrons. The largest absolute Gasteiger partial charge is 0.393 e. The summed E-state index contributed by atoms with van der Waals surface area (Å²) in [6.07, 6.45) is 7.35. The molecule has 18 heavy (non-hydrogen) atoms. The van der Waals surface area contributed by atoms with E-state index in [2.05, 4.69) is 16.3 Å². The second-order valence-electron chi connectivity index (χ2n) is 3.81. The molecule has 5 nitrogen and oxygen atoms in total. The van der Waals surface area contributed by atoms with Crippen LogP contribution in [0.4, 0.5) is 5.69 Å². The van der Waals surface area contributed by atoms with Gasteiger partial charge in [0.1, 0.15) is 12.2 Å². The van der Waals surface area contributed by atoms with Gasteiger partial charge in [-0.25, -0.2) is 4.68 Å². The zero-order valence-corrected chi connectivity index (χ0v) is 10.9. The minimum absolute atomic E-state index is 0.0995. The van der Waals surface area contributed by atoms with E-state index in [1.54, 1.807) is 0 Å². The molecule has 0 aromatic carbocycles. The van der Waals surface area contributed by atoms with E-state index in [1.807, 2.05) is 6.92 Å². The standard InChI is InChI=1S/C12H16ClN3O2/c1-3-7-16-12(18)11(10(13)8-15-16)14-6-5-9(17)4-2/h1,8-9,14,17H,4-7H2,2H3. The minimum Gasteiger partial charge on any atom is -0.393 e. The van der Waals surface area contributed by atoms with Crippen molar-refractivity contribution in [3.05, 3.63) is 21.6 Å². The summed E-state index contributed by atoms with van der Waals surface area (Å²) in [5.41, 5.74) is -0.0864. The van der Waals surface area contributed by atoms with Crippen LogP contribution in [-0.2, 0) is 6.54 Å². The van der Waals surface area contributed by atoms with Gasteiger partial charge >= 0.3 is 0 Å². The van der Waals surface area contributed by atoms with Crippen LogP contribution in [0.2, 0.25) is 5.02 Å². The molecule has 1 atom stereocenters. The Bertz CT molecular complexity index is 493. The topological polar surface area (TPSA) is 67.2 Å². The smallest absolute Gasteiger partial charge is 0.292 e. The fraction of sp³-hybridized carbons (Fsp3) is 0.500. The van der Waals surface area contributed by atoms with Crippen LogP contribution in [0.3, 0.4) is 0 Å². The summed E-state index contributed by atoms with van der Waals surface area (Å²) in [5, 5.41) is 16.4. The van der Waals surface area contributed by atoms with Crippen LogP contribution in [0.15, 0.2) is 11.0 Å². The molecule has 0 fully saturated rings. The first-order valence-electron chi connectivity index (χ1n) is 5.71. The molecule has 1 aromatic heterocycles. The Morgan fingerprint density at radius 3 is 3.06 bits per heavy atom. The number of nitrogens with one attached hydrogen (secondary N) is 1. The zero-order valence-electron chi connectivity index (χ0n) is 10.2. The molecular weight excluding hydrogens is 254 g/mol. The highest BCUT2D eigenvalue weighted by Gasteiger charge is 2.09. The number of halogens is 1. The van der Waals surface area contributed by atoms with E-state index in [-0.39, 0.29) is 28.9 Å². The lowest BCUT2D eigenvalue weighted by Gasteiger charge is -2.11. The fourth-order valence-corrected chi connectivity index (χ4v) is 1.59. The van der Waals surface area contributed by atoms with Gasteiger partial charge in [0.05, 0.1) is 17.3 Å². The summed E-state index contributed by atoms with van der Waals surface area (Å²) < 4.78 is 1.16. The highest BCUT2D eigenvalue weighted by atomic mass is 35.5. The molecule has 0 aliphatic carbocycles. The molecule has 6 heteroatoms. The number of nitrogens with zero attached hydrogens (tertiary/aromatic N) is 2. The summed E-state index contributed by atoms with van der Waals surface area (Å²) >= 11 is 5.90. The molecule has 0 spiro atoms. The second kappa shape index (κ2) is 7.04. The van der Waals surface area contributed by atoms with Crippen molar-refractivity contribution >= 4 is 17.3 Å². The lowest BCUT2D eigenvalue weighted by Crippen LogP contribution is -2.26. The molecule has 0 saturated heterocycles. The van der Waals surface area contributed by atoms with Crippen molar-refractivity contribution in [2.45, 2.75) is 32.4 Å². The highest BCUT2D eigenvalue weighted by molar-refractivity contribution is 6.32. The van der Waals surface area contributed by atoms with Crippen molar-refractivity contribution in [1.29, 1.82) is 0 Å².